The first-order chi connectivity index (χ1) is 8.43. The van der Waals surface area contributed by atoms with Crippen LogP contribution in [0.2, 0.25) is 0 Å². The summed E-state index contributed by atoms with van der Waals surface area (Å²) in [6.45, 7) is 3.90. The van der Waals surface area contributed by atoms with Crippen molar-refractivity contribution < 1.29 is 19.8 Å². The maximum atomic E-state index is 11.8. The van der Waals surface area contributed by atoms with E-state index in [0.29, 0.717) is 5.56 Å². The van der Waals surface area contributed by atoms with E-state index >= 15 is 0 Å². The number of nitrogens with one attached hydrogen (secondary N) is 1. The first-order valence-electron chi connectivity index (χ1n) is 5.68. The molecule has 98 valence electrons. The van der Waals surface area contributed by atoms with Crippen LogP contribution < -0.4 is 5.32 Å². The van der Waals surface area contributed by atoms with Crippen molar-refractivity contribution in [1.29, 1.82) is 0 Å². The zero-order chi connectivity index (χ0) is 13.7. The quantitative estimate of drug-likeness (QED) is 0.724. The lowest BCUT2D eigenvalue weighted by Gasteiger charge is -2.10. The Morgan fingerprint density at radius 2 is 2.00 bits per heavy atom. The summed E-state index contributed by atoms with van der Waals surface area (Å²) < 4.78 is 0. The number of rotatable bonds is 5. The molecule has 0 fully saturated rings. The molecule has 3 N–H and O–H groups in total. The van der Waals surface area contributed by atoms with E-state index < -0.39 is 12.1 Å². The topological polar surface area (TPSA) is 86.6 Å². The third-order valence-corrected chi connectivity index (χ3v) is 2.84. The maximum absolute atomic E-state index is 11.8. The number of hydrogen-bond donors (Lipinski definition) is 3. The van der Waals surface area contributed by atoms with Gasteiger partial charge < -0.3 is 15.5 Å². The lowest BCUT2D eigenvalue weighted by molar-refractivity contribution is -0.146. The van der Waals surface area contributed by atoms with Crippen molar-refractivity contribution in [2.24, 2.45) is 0 Å². The number of carbonyl (C=O) groups excluding carboxylic acids is 1. The normalized spacial score (nSPS) is 11.9. The fraction of sp³-hybridized carbons (Fsp3) is 0.385. The Morgan fingerprint density at radius 1 is 1.33 bits per heavy atom. The van der Waals surface area contributed by atoms with Crippen LogP contribution in [0.25, 0.3) is 0 Å². The van der Waals surface area contributed by atoms with Crippen LogP contribution in [0, 0.1) is 13.8 Å². The first-order valence-corrected chi connectivity index (χ1v) is 5.68. The number of amides is 1. The maximum Gasteiger partial charge on any atom is 0.332 e. The lowest BCUT2D eigenvalue weighted by atomic mass is 10.0. The highest BCUT2D eigenvalue weighted by Gasteiger charge is 2.14. The highest BCUT2D eigenvalue weighted by molar-refractivity contribution is 5.95. The number of aliphatic hydroxyl groups excluding tert-OH is 1. The third-order valence-electron chi connectivity index (χ3n) is 2.84. The molecule has 0 aliphatic rings. The molecule has 1 aromatic rings. The number of carbonyl (C=O) groups is 2. The van der Waals surface area contributed by atoms with Gasteiger partial charge in [0.15, 0.2) is 6.10 Å². The van der Waals surface area contributed by atoms with E-state index in [-0.39, 0.29) is 18.9 Å². The summed E-state index contributed by atoms with van der Waals surface area (Å²) in [5.41, 5.74) is 2.49. The minimum Gasteiger partial charge on any atom is -0.479 e. The molecule has 1 atom stereocenters. The molecule has 0 aliphatic carbocycles. The van der Waals surface area contributed by atoms with Crippen LogP contribution in [0.4, 0.5) is 0 Å². The third kappa shape index (κ3) is 3.56. The summed E-state index contributed by atoms with van der Waals surface area (Å²) in [5, 5.41) is 20.1. The molecule has 18 heavy (non-hydrogen) atoms. The fourth-order valence-electron chi connectivity index (χ4n) is 1.54. The summed E-state index contributed by atoms with van der Waals surface area (Å²) in [4.78, 5) is 22.2. The standard InChI is InChI=1S/C13H17NO4/c1-8-4-3-5-10(9(8)2)12(16)14-7-6-11(15)13(17)18/h3-5,11,15H,6-7H2,1-2H3,(H,14,16)(H,17,18). The highest BCUT2D eigenvalue weighted by atomic mass is 16.4. The van der Waals surface area contributed by atoms with Crippen molar-refractivity contribution in [3.05, 3.63) is 34.9 Å². The number of carboxylic acids is 1. The second kappa shape index (κ2) is 6.16. The van der Waals surface area contributed by atoms with Gasteiger partial charge in [0.2, 0.25) is 0 Å². The second-order valence-electron chi connectivity index (χ2n) is 4.15. The number of benzene rings is 1. The number of aliphatic carboxylic acids is 1. The van der Waals surface area contributed by atoms with Gasteiger partial charge in [0, 0.05) is 18.5 Å². The van der Waals surface area contributed by atoms with Crippen LogP contribution in [0.1, 0.15) is 27.9 Å². The molecule has 0 bridgehead atoms. The first kappa shape index (κ1) is 14.2. The van der Waals surface area contributed by atoms with Crippen molar-refractivity contribution in [2.75, 3.05) is 6.54 Å². The van der Waals surface area contributed by atoms with Gasteiger partial charge >= 0.3 is 5.97 Å². The van der Waals surface area contributed by atoms with Gasteiger partial charge in [-0.05, 0) is 31.0 Å². The van der Waals surface area contributed by atoms with Crippen LogP contribution in [-0.4, -0.2) is 34.7 Å². The minimum absolute atomic E-state index is 0.00800. The summed E-state index contributed by atoms with van der Waals surface area (Å²) >= 11 is 0. The van der Waals surface area contributed by atoms with Crippen molar-refractivity contribution in [3.63, 3.8) is 0 Å². The van der Waals surface area contributed by atoms with Gasteiger partial charge in [0.05, 0.1) is 0 Å². The zero-order valence-electron chi connectivity index (χ0n) is 10.4. The SMILES string of the molecule is Cc1cccc(C(=O)NCCC(O)C(=O)O)c1C. The van der Waals surface area contributed by atoms with E-state index in [4.69, 9.17) is 10.2 Å². The molecular formula is C13H17NO4. The molecule has 1 rings (SSSR count). The molecule has 0 heterocycles. The number of aliphatic hydroxyl groups is 1. The van der Waals surface area contributed by atoms with E-state index in [0.717, 1.165) is 11.1 Å². The van der Waals surface area contributed by atoms with Crippen molar-refractivity contribution >= 4 is 11.9 Å². The average Bonchev–Trinajstić information content (AvgIpc) is 2.32. The Balaban J connectivity index is 2.56. The molecule has 0 aromatic heterocycles. The Bertz CT molecular complexity index is 456. The van der Waals surface area contributed by atoms with Crippen molar-refractivity contribution in [1.82, 2.24) is 5.32 Å². The predicted octanol–water partition coefficient (Wildman–Crippen LogP) is 0.869. The van der Waals surface area contributed by atoms with Gasteiger partial charge in [0.25, 0.3) is 5.91 Å². The molecular weight excluding hydrogens is 234 g/mol. The van der Waals surface area contributed by atoms with Crippen molar-refractivity contribution in [3.8, 4) is 0 Å². The molecule has 0 aliphatic heterocycles. The summed E-state index contributed by atoms with van der Waals surface area (Å²) in [6, 6.07) is 5.43. The van der Waals surface area contributed by atoms with E-state index in [1.807, 2.05) is 19.9 Å². The van der Waals surface area contributed by atoms with Gasteiger partial charge in [-0.2, -0.15) is 0 Å². The van der Waals surface area contributed by atoms with Gasteiger partial charge in [-0.1, -0.05) is 12.1 Å². The summed E-state index contributed by atoms with van der Waals surface area (Å²) in [7, 11) is 0. The van der Waals surface area contributed by atoms with Crippen LogP contribution >= 0.6 is 0 Å². The Kier molecular flexibility index (Phi) is 4.85. The second-order valence-corrected chi connectivity index (χ2v) is 4.15. The van der Waals surface area contributed by atoms with Gasteiger partial charge in [0.1, 0.15) is 0 Å². The summed E-state index contributed by atoms with van der Waals surface area (Å²) in [6.07, 6.45) is -1.45. The van der Waals surface area contributed by atoms with E-state index in [1.165, 1.54) is 0 Å². The van der Waals surface area contributed by atoms with Crippen LogP contribution in [-0.2, 0) is 4.79 Å². The van der Waals surface area contributed by atoms with E-state index in [9.17, 15) is 9.59 Å². The minimum atomic E-state index is -1.44. The molecule has 0 saturated heterocycles. The molecule has 0 saturated carbocycles. The number of hydrogen-bond acceptors (Lipinski definition) is 3. The molecule has 1 amide bonds. The number of carboxylic acid groups (broad SMARTS) is 1. The van der Waals surface area contributed by atoms with Crippen LogP contribution in [0.5, 0.6) is 0 Å². The van der Waals surface area contributed by atoms with Gasteiger partial charge in [-0.15, -0.1) is 0 Å². The molecule has 0 radical (unpaired) electrons. The largest absolute Gasteiger partial charge is 0.479 e. The Morgan fingerprint density at radius 3 is 2.61 bits per heavy atom. The zero-order valence-corrected chi connectivity index (χ0v) is 10.4. The molecule has 1 aromatic carbocycles. The molecule has 0 spiro atoms. The fourth-order valence-corrected chi connectivity index (χ4v) is 1.54. The van der Waals surface area contributed by atoms with Crippen LogP contribution in [0.15, 0.2) is 18.2 Å². The number of aryl methyl sites for hydroxylation is 1. The van der Waals surface area contributed by atoms with Crippen LogP contribution in [0.3, 0.4) is 0 Å². The monoisotopic (exact) mass is 251 g/mol. The Hall–Kier alpha value is -1.88. The van der Waals surface area contributed by atoms with Gasteiger partial charge in [-0.3, -0.25) is 4.79 Å². The van der Waals surface area contributed by atoms with E-state index in [1.54, 1.807) is 12.1 Å². The molecule has 5 heteroatoms. The smallest absolute Gasteiger partial charge is 0.332 e. The van der Waals surface area contributed by atoms with Gasteiger partial charge in [-0.25, -0.2) is 4.79 Å². The Labute approximate surface area is 105 Å². The lowest BCUT2D eigenvalue weighted by Crippen LogP contribution is -2.30. The summed E-state index contributed by atoms with van der Waals surface area (Å²) in [5.74, 6) is -1.54. The molecule has 1 unspecified atom stereocenters. The highest BCUT2D eigenvalue weighted by Crippen LogP contribution is 2.12. The predicted molar refractivity (Wildman–Crippen MR) is 66.5 cm³/mol. The van der Waals surface area contributed by atoms with E-state index in [2.05, 4.69) is 5.32 Å². The molecule has 5 nitrogen and oxygen atoms in total. The van der Waals surface area contributed by atoms with Crippen molar-refractivity contribution in [2.45, 2.75) is 26.4 Å². The average molecular weight is 251 g/mol.